The number of fused-ring (bicyclic) bond motifs is 3. The van der Waals surface area contributed by atoms with Gasteiger partial charge in [0.1, 0.15) is 0 Å². The molecule has 0 saturated heterocycles. The quantitative estimate of drug-likeness (QED) is 0.796. The Morgan fingerprint density at radius 2 is 1.81 bits per heavy atom. The van der Waals surface area contributed by atoms with Crippen molar-refractivity contribution in [3.63, 3.8) is 0 Å². The molecular formula is C21H27N3O3. The molecule has 1 aromatic carbocycles. The SMILES string of the molecule is CC(NC(=O)Nc1ccc2c(c1)C(=O)N(C(C)C)C2=O)C1CC2CCC1C2. The molecule has 0 radical (unpaired) electrons. The molecule has 2 aliphatic carbocycles. The standard InChI is InChI=1S/C21H27N3O3/c1-11(2)24-19(25)16-7-6-15(10-18(16)20(24)26)23-21(27)22-12(3)17-9-13-4-5-14(17)8-13/h6-7,10-14,17H,4-5,8-9H2,1-3H3,(H2,22,23,27). The molecule has 3 aliphatic rings. The number of hydrogen-bond acceptors (Lipinski definition) is 3. The summed E-state index contributed by atoms with van der Waals surface area (Å²) >= 11 is 0. The minimum Gasteiger partial charge on any atom is -0.335 e. The van der Waals surface area contributed by atoms with Gasteiger partial charge in [-0.3, -0.25) is 14.5 Å². The number of carbonyl (C=O) groups is 3. The summed E-state index contributed by atoms with van der Waals surface area (Å²) in [6.07, 6.45) is 5.16. The van der Waals surface area contributed by atoms with Crippen molar-refractivity contribution in [1.29, 1.82) is 0 Å². The molecule has 2 N–H and O–H groups in total. The van der Waals surface area contributed by atoms with Crippen LogP contribution in [0.3, 0.4) is 0 Å². The molecule has 6 nitrogen and oxygen atoms in total. The molecule has 1 aromatic rings. The Balaban J connectivity index is 1.41. The van der Waals surface area contributed by atoms with Crippen LogP contribution in [0, 0.1) is 17.8 Å². The van der Waals surface area contributed by atoms with Gasteiger partial charge in [0, 0.05) is 17.8 Å². The third-order valence-electron chi connectivity index (χ3n) is 6.49. The van der Waals surface area contributed by atoms with Gasteiger partial charge in [0.15, 0.2) is 0 Å². The van der Waals surface area contributed by atoms with Gasteiger partial charge in [0.2, 0.25) is 0 Å². The van der Waals surface area contributed by atoms with Crippen LogP contribution in [0.2, 0.25) is 0 Å². The van der Waals surface area contributed by atoms with E-state index in [0.717, 1.165) is 11.8 Å². The molecule has 144 valence electrons. The Labute approximate surface area is 159 Å². The normalized spacial score (nSPS) is 27.3. The first kappa shape index (κ1) is 18.0. The number of imide groups is 1. The molecule has 4 rings (SSSR count). The van der Waals surface area contributed by atoms with E-state index in [1.807, 2.05) is 13.8 Å². The number of rotatable bonds is 4. The molecule has 4 amide bonds. The average Bonchev–Trinajstić information content (AvgIpc) is 3.29. The van der Waals surface area contributed by atoms with Crippen LogP contribution in [0.5, 0.6) is 0 Å². The van der Waals surface area contributed by atoms with E-state index in [1.54, 1.807) is 18.2 Å². The van der Waals surface area contributed by atoms with Crippen LogP contribution >= 0.6 is 0 Å². The number of hydrogen-bond donors (Lipinski definition) is 2. The van der Waals surface area contributed by atoms with Gasteiger partial charge >= 0.3 is 6.03 Å². The second kappa shape index (κ2) is 6.66. The molecular weight excluding hydrogens is 342 g/mol. The fourth-order valence-electron chi connectivity index (χ4n) is 5.19. The zero-order chi connectivity index (χ0) is 19.3. The Kier molecular flexibility index (Phi) is 4.44. The zero-order valence-electron chi connectivity index (χ0n) is 16.1. The zero-order valence-corrected chi connectivity index (χ0v) is 16.1. The maximum atomic E-state index is 12.5. The molecule has 4 unspecified atom stereocenters. The van der Waals surface area contributed by atoms with E-state index < -0.39 is 0 Å². The van der Waals surface area contributed by atoms with Gasteiger partial charge in [-0.05, 0) is 76.0 Å². The van der Waals surface area contributed by atoms with Crippen molar-refractivity contribution in [2.75, 3.05) is 5.32 Å². The van der Waals surface area contributed by atoms with Crippen LogP contribution in [0.25, 0.3) is 0 Å². The summed E-state index contributed by atoms with van der Waals surface area (Å²) in [6, 6.07) is 4.57. The fourth-order valence-corrected chi connectivity index (χ4v) is 5.19. The number of benzene rings is 1. The summed E-state index contributed by atoms with van der Waals surface area (Å²) in [5.74, 6) is 1.58. The monoisotopic (exact) mass is 369 g/mol. The summed E-state index contributed by atoms with van der Waals surface area (Å²) in [5, 5.41) is 5.87. The predicted molar refractivity (Wildman–Crippen MR) is 103 cm³/mol. The summed E-state index contributed by atoms with van der Waals surface area (Å²) in [6.45, 7) is 5.70. The van der Waals surface area contributed by atoms with E-state index in [9.17, 15) is 14.4 Å². The molecule has 6 heteroatoms. The third kappa shape index (κ3) is 3.11. The largest absolute Gasteiger partial charge is 0.335 e. The van der Waals surface area contributed by atoms with E-state index in [2.05, 4.69) is 17.6 Å². The number of amides is 4. The Morgan fingerprint density at radius 3 is 2.44 bits per heavy atom. The second-order valence-corrected chi connectivity index (χ2v) is 8.56. The van der Waals surface area contributed by atoms with Crippen molar-refractivity contribution in [1.82, 2.24) is 10.2 Å². The lowest BCUT2D eigenvalue weighted by Gasteiger charge is -2.28. The Hall–Kier alpha value is -2.37. The summed E-state index contributed by atoms with van der Waals surface area (Å²) in [5.41, 5.74) is 1.28. The molecule has 0 aromatic heterocycles. The third-order valence-corrected chi connectivity index (χ3v) is 6.49. The summed E-state index contributed by atoms with van der Waals surface area (Å²) in [7, 11) is 0. The van der Waals surface area contributed by atoms with Crippen LogP contribution in [-0.2, 0) is 0 Å². The highest BCUT2D eigenvalue weighted by Gasteiger charge is 2.42. The molecule has 0 spiro atoms. The van der Waals surface area contributed by atoms with Gasteiger partial charge in [0.25, 0.3) is 11.8 Å². The molecule has 2 saturated carbocycles. The van der Waals surface area contributed by atoms with Crippen molar-refractivity contribution in [2.45, 2.75) is 58.5 Å². The van der Waals surface area contributed by atoms with Gasteiger partial charge < -0.3 is 10.6 Å². The topological polar surface area (TPSA) is 78.5 Å². The van der Waals surface area contributed by atoms with Gasteiger partial charge in [-0.15, -0.1) is 0 Å². The van der Waals surface area contributed by atoms with Crippen LogP contribution in [0.4, 0.5) is 10.5 Å². The van der Waals surface area contributed by atoms with Gasteiger partial charge in [-0.25, -0.2) is 4.79 Å². The minimum atomic E-state index is -0.301. The first-order chi connectivity index (χ1) is 12.8. The Bertz CT molecular complexity index is 804. The summed E-state index contributed by atoms with van der Waals surface area (Å²) in [4.78, 5) is 38.5. The molecule has 1 aliphatic heterocycles. The van der Waals surface area contributed by atoms with Crippen molar-refractivity contribution < 1.29 is 14.4 Å². The minimum absolute atomic E-state index is 0.134. The predicted octanol–water partition coefficient (Wildman–Crippen LogP) is 3.64. The Morgan fingerprint density at radius 1 is 1.07 bits per heavy atom. The summed E-state index contributed by atoms with van der Waals surface area (Å²) < 4.78 is 0. The number of anilines is 1. The maximum Gasteiger partial charge on any atom is 0.319 e. The molecule has 2 bridgehead atoms. The number of carbonyl (C=O) groups excluding carboxylic acids is 3. The lowest BCUT2D eigenvalue weighted by atomic mass is 9.84. The molecule has 1 heterocycles. The van der Waals surface area contributed by atoms with E-state index in [1.165, 1.54) is 30.6 Å². The van der Waals surface area contributed by atoms with E-state index >= 15 is 0 Å². The van der Waals surface area contributed by atoms with Gasteiger partial charge in [0.05, 0.1) is 11.1 Å². The van der Waals surface area contributed by atoms with Crippen molar-refractivity contribution in [3.05, 3.63) is 29.3 Å². The highest BCUT2D eigenvalue weighted by atomic mass is 16.2. The number of urea groups is 1. The maximum absolute atomic E-state index is 12.5. The van der Waals surface area contributed by atoms with E-state index in [-0.39, 0.29) is 29.9 Å². The average molecular weight is 369 g/mol. The number of nitrogens with one attached hydrogen (secondary N) is 2. The van der Waals surface area contributed by atoms with Crippen LogP contribution in [0.1, 0.15) is 67.2 Å². The first-order valence-corrected chi connectivity index (χ1v) is 9.94. The lowest BCUT2D eigenvalue weighted by Crippen LogP contribution is -2.42. The lowest BCUT2D eigenvalue weighted by molar-refractivity contribution is 0.0609. The van der Waals surface area contributed by atoms with Gasteiger partial charge in [-0.1, -0.05) is 6.42 Å². The number of nitrogens with zero attached hydrogens (tertiary/aromatic N) is 1. The van der Waals surface area contributed by atoms with E-state index in [4.69, 9.17) is 0 Å². The highest BCUT2D eigenvalue weighted by Crippen LogP contribution is 2.49. The van der Waals surface area contributed by atoms with E-state index in [0.29, 0.717) is 22.7 Å². The smallest absolute Gasteiger partial charge is 0.319 e. The van der Waals surface area contributed by atoms with Gasteiger partial charge in [-0.2, -0.15) is 0 Å². The van der Waals surface area contributed by atoms with Crippen molar-refractivity contribution in [2.24, 2.45) is 17.8 Å². The molecule has 27 heavy (non-hydrogen) atoms. The first-order valence-electron chi connectivity index (χ1n) is 9.94. The molecule has 2 fully saturated rings. The van der Waals surface area contributed by atoms with Crippen molar-refractivity contribution in [3.8, 4) is 0 Å². The van der Waals surface area contributed by atoms with Crippen molar-refractivity contribution >= 4 is 23.5 Å². The van der Waals surface area contributed by atoms with Crippen LogP contribution < -0.4 is 10.6 Å². The fraction of sp³-hybridized carbons (Fsp3) is 0.571. The second-order valence-electron chi connectivity index (χ2n) is 8.56. The molecule has 4 atom stereocenters. The van der Waals surface area contributed by atoms with Crippen LogP contribution in [0.15, 0.2) is 18.2 Å². The van der Waals surface area contributed by atoms with Crippen LogP contribution in [-0.4, -0.2) is 34.8 Å². The highest BCUT2D eigenvalue weighted by molar-refractivity contribution is 6.22.